The van der Waals surface area contributed by atoms with Crippen LogP contribution in [0.15, 0.2) is 11.3 Å². The molecule has 0 aliphatic heterocycles. The molecule has 0 unspecified atom stereocenters. The molecule has 0 aromatic carbocycles. The van der Waals surface area contributed by atoms with Crippen molar-refractivity contribution in [2.75, 3.05) is 25.1 Å². The first kappa shape index (κ1) is 17.5. The zero-order chi connectivity index (χ0) is 12.5. The zero-order valence-corrected chi connectivity index (χ0v) is 14.2. The quantitative estimate of drug-likeness (QED) is 0.330. The van der Waals surface area contributed by atoms with Gasteiger partial charge in [0.1, 0.15) is 18.7 Å². The lowest BCUT2D eigenvalue weighted by molar-refractivity contribution is 0.698. The van der Waals surface area contributed by atoms with Crippen LogP contribution in [0.3, 0.4) is 0 Å². The molecule has 0 atom stereocenters. The van der Waals surface area contributed by atoms with Crippen molar-refractivity contribution in [2.45, 2.75) is 13.5 Å². The zero-order valence-electron chi connectivity index (χ0n) is 11.0. The largest absolute Gasteiger partial charge is 0.357 e. The lowest BCUT2D eigenvalue weighted by Crippen LogP contribution is -2.38. The summed E-state index contributed by atoms with van der Waals surface area (Å²) in [6, 6.07) is 0. The Bertz CT molecular complexity index is 354. The van der Waals surface area contributed by atoms with Crippen LogP contribution in [0.2, 0.25) is 0 Å². The highest BCUT2D eigenvalue weighted by atomic mass is 127. The molecule has 8 heteroatoms. The third-order valence-corrected chi connectivity index (χ3v) is 2.74. The molecule has 0 saturated heterocycles. The molecule has 104 valence electrons. The van der Waals surface area contributed by atoms with Crippen molar-refractivity contribution in [3.63, 3.8) is 0 Å². The van der Waals surface area contributed by atoms with Gasteiger partial charge in [0.25, 0.3) is 0 Å². The van der Waals surface area contributed by atoms with Crippen LogP contribution in [0.5, 0.6) is 0 Å². The first-order valence-electron chi connectivity index (χ1n) is 5.62. The SMILES string of the molecule is CCNC(=NCc1ncnn1C)NCCSC.I. The number of nitrogens with one attached hydrogen (secondary N) is 2. The Morgan fingerprint density at radius 2 is 2.28 bits per heavy atom. The second-order valence-electron chi connectivity index (χ2n) is 3.41. The van der Waals surface area contributed by atoms with Crippen LogP contribution in [0.25, 0.3) is 0 Å². The van der Waals surface area contributed by atoms with Crippen molar-refractivity contribution in [3.05, 3.63) is 12.2 Å². The maximum absolute atomic E-state index is 4.45. The van der Waals surface area contributed by atoms with E-state index in [9.17, 15) is 0 Å². The van der Waals surface area contributed by atoms with E-state index in [2.05, 4.69) is 32.0 Å². The molecule has 6 nitrogen and oxygen atoms in total. The van der Waals surface area contributed by atoms with E-state index >= 15 is 0 Å². The summed E-state index contributed by atoms with van der Waals surface area (Å²) < 4.78 is 1.73. The number of nitrogens with zero attached hydrogens (tertiary/aromatic N) is 4. The van der Waals surface area contributed by atoms with Crippen molar-refractivity contribution < 1.29 is 0 Å². The fourth-order valence-corrected chi connectivity index (χ4v) is 1.53. The summed E-state index contributed by atoms with van der Waals surface area (Å²) in [6.07, 6.45) is 3.63. The Morgan fingerprint density at radius 3 is 2.83 bits per heavy atom. The van der Waals surface area contributed by atoms with E-state index in [1.54, 1.807) is 11.0 Å². The lowest BCUT2D eigenvalue weighted by atomic mass is 10.6. The van der Waals surface area contributed by atoms with Crippen molar-refractivity contribution in [2.24, 2.45) is 12.0 Å². The first-order valence-corrected chi connectivity index (χ1v) is 7.01. The molecule has 18 heavy (non-hydrogen) atoms. The van der Waals surface area contributed by atoms with Crippen LogP contribution in [0, 0.1) is 0 Å². The summed E-state index contributed by atoms with van der Waals surface area (Å²) in [5.41, 5.74) is 0. The average Bonchev–Trinajstić information content (AvgIpc) is 2.72. The number of aryl methyl sites for hydroxylation is 1. The van der Waals surface area contributed by atoms with Gasteiger partial charge < -0.3 is 10.6 Å². The van der Waals surface area contributed by atoms with Gasteiger partial charge in [-0.3, -0.25) is 4.68 Å². The van der Waals surface area contributed by atoms with Crippen LogP contribution in [-0.2, 0) is 13.6 Å². The number of guanidine groups is 1. The molecule has 1 aromatic heterocycles. The molecule has 0 aliphatic rings. The van der Waals surface area contributed by atoms with Gasteiger partial charge in [-0.1, -0.05) is 0 Å². The minimum absolute atomic E-state index is 0. The molecule has 2 N–H and O–H groups in total. The van der Waals surface area contributed by atoms with Crippen LogP contribution in [0.1, 0.15) is 12.7 Å². The van der Waals surface area contributed by atoms with Gasteiger partial charge in [-0.15, -0.1) is 24.0 Å². The summed E-state index contributed by atoms with van der Waals surface area (Å²) in [7, 11) is 1.87. The van der Waals surface area contributed by atoms with Crippen molar-refractivity contribution in [3.8, 4) is 0 Å². The molecule has 0 radical (unpaired) electrons. The van der Waals surface area contributed by atoms with Crippen molar-refractivity contribution in [1.29, 1.82) is 0 Å². The second-order valence-corrected chi connectivity index (χ2v) is 4.40. The number of halogens is 1. The van der Waals surface area contributed by atoms with Gasteiger partial charge in [0.05, 0.1) is 0 Å². The van der Waals surface area contributed by atoms with Gasteiger partial charge in [0.2, 0.25) is 0 Å². The molecule has 0 fully saturated rings. The highest BCUT2D eigenvalue weighted by Gasteiger charge is 2.00. The van der Waals surface area contributed by atoms with Crippen LogP contribution >= 0.6 is 35.7 Å². The fraction of sp³-hybridized carbons (Fsp3) is 0.700. The van der Waals surface area contributed by atoms with Crippen LogP contribution in [-0.4, -0.2) is 45.8 Å². The number of aromatic nitrogens is 3. The molecule has 0 spiro atoms. The maximum Gasteiger partial charge on any atom is 0.191 e. The predicted octanol–water partition coefficient (Wildman–Crippen LogP) is 0.851. The van der Waals surface area contributed by atoms with Crippen LogP contribution < -0.4 is 10.6 Å². The number of hydrogen-bond acceptors (Lipinski definition) is 4. The number of aliphatic imine (C=N–C) groups is 1. The third-order valence-electron chi connectivity index (χ3n) is 2.13. The summed E-state index contributed by atoms with van der Waals surface area (Å²) in [5.74, 6) is 2.74. The molecule has 1 rings (SSSR count). The standard InChI is InChI=1S/C10H20N6S.HI/c1-4-11-10(12-5-6-17-3)13-7-9-14-8-15-16(9)2;/h8H,4-7H2,1-3H3,(H2,11,12,13);1H. The Hall–Kier alpha value is -0.510. The molecule has 1 heterocycles. The number of thioether (sulfide) groups is 1. The van der Waals surface area contributed by atoms with E-state index < -0.39 is 0 Å². The lowest BCUT2D eigenvalue weighted by Gasteiger charge is -2.10. The smallest absolute Gasteiger partial charge is 0.191 e. The molecule has 1 aromatic rings. The van der Waals surface area contributed by atoms with Gasteiger partial charge in [0, 0.05) is 25.9 Å². The summed E-state index contributed by atoms with van der Waals surface area (Å²) in [4.78, 5) is 8.58. The minimum Gasteiger partial charge on any atom is -0.357 e. The number of hydrogen-bond donors (Lipinski definition) is 2. The van der Waals surface area contributed by atoms with E-state index in [0.717, 1.165) is 30.6 Å². The first-order chi connectivity index (χ1) is 8.27. The van der Waals surface area contributed by atoms with Crippen molar-refractivity contribution >= 4 is 41.7 Å². The third kappa shape index (κ3) is 6.43. The molecule has 0 saturated carbocycles. The van der Waals surface area contributed by atoms with E-state index in [1.807, 2.05) is 25.7 Å². The topological polar surface area (TPSA) is 67.1 Å². The molecule has 0 amide bonds. The Morgan fingerprint density at radius 1 is 1.50 bits per heavy atom. The monoisotopic (exact) mass is 384 g/mol. The van der Waals surface area contributed by atoms with Gasteiger partial charge in [-0.2, -0.15) is 16.9 Å². The van der Waals surface area contributed by atoms with Gasteiger partial charge >= 0.3 is 0 Å². The molecular weight excluding hydrogens is 363 g/mol. The second kappa shape index (κ2) is 10.4. The predicted molar refractivity (Wildman–Crippen MR) is 87.6 cm³/mol. The average molecular weight is 384 g/mol. The van der Waals surface area contributed by atoms with Crippen LogP contribution in [0.4, 0.5) is 0 Å². The van der Waals surface area contributed by atoms with Crippen molar-refractivity contribution in [1.82, 2.24) is 25.4 Å². The Labute approximate surface area is 129 Å². The molecule has 0 bridgehead atoms. The normalized spacial score (nSPS) is 10.9. The molecule has 0 aliphatic carbocycles. The summed E-state index contributed by atoms with van der Waals surface area (Å²) in [5, 5.41) is 10.5. The Balaban J connectivity index is 0.00000289. The van der Waals surface area contributed by atoms with E-state index in [0.29, 0.717) is 6.54 Å². The highest BCUT2D eigenvalue weighted by molar-refractivity contribution is 14.0. The van der Waals surface area contributed by atoms with E-state index in [-0.39, 0.29) is 24.0 Å². The summed E-state index contributed by atoms with van der Waals surface area (Å²) in [6.45, 7) is 4.34. The molecular formula is C10H21IN6S. The van der Waals surface area contributed by atoms with E-state index in [1.165, 1.54) is 0 Å². The van der Waals surface area contributed by atoms with Gasteiger partial charge in [0.15, 0.2) is 5.96 Å². The minimum atomic E-state index is 0. The number of rotatable bonds is 6. The maximum atomic E-state index is 4.45. The van der Waals surface area contributed by atoms with E-state index in [4.69, 9.17) is 0 Å². The van der Waals surface area contributed by atoms with Gasteiger partial charge in [-0.25, -0.2) is 9.98 Å². The fourth-order valence-electron chi connectivity index (χ4n) is 1.23. The summed E-state index contributed by atoms with van der Waals surface area (Å²) >= 11 is 1.81. The van der Waals surface area contributed by atoms with Gasteiger partial charge in [-0.05, 0) is 13.2 Å². The Kier molecular flexibility index (Phi) is 10.1. The highest BCUT2D eigenvalue weighted by Crippen LogP contribution is 1.93.